The molecule has 0 atom stereocenters. The number of hydrogen-bond acceptors (Lipinski definition) is 10. The second-order valence-electron chi connectivity index (χ2n) is 5.84. The molecule has 0 saturated carbocycles. The number of nitrogen functional groups attached to an aromatic ring is 1. The van der Waals surface area contributed by atoms with Gasteiger partial charge in [0.1, 0.15) is 5.75 Å². The molecule has 1 aromatic heterocycles. The lowest BCUT2D eigenvalue weighted by atomic mass is 10.1. The van der Waals surface area contributed by atoms with Crippen molar-refractivity contribution in [1.82, 2.24) is 14.9 Å². The van der Waals surface area contributed by atoms with E-state index in [0.29, 0.717) is 22.0 Å². The number of nitro groups is 1. The zero-order valence-corrected chi connectivity index (χ0v) is 16.6. The fourth-order valence-electron chi connectivity index (χ4n) is 2.31. The number of ketones is 1. The van der Waals surface area contributed by atoms with Crippen LogP contribution in [0.5, 0.6) is 5.75 Å². The number of thioether (sulfide) groups is 1. The molecule has 0 radical (unpaired) electrons. The highest BCUT2D eigenvalue weighted by molar-refractivity contribution is 7.99. The average Bonchev–Trinajstić information content (AvgIpc) is 3.11. The maximum Gasteiger partial charge on any atom is 0.269 e. The lowest BCUT2D eigenvalue weighted by Crippen LogP contribution is -2.14. The number of non-ortho nitro benzene ring substituents is 1. The second kappa shape index (κ2) is 9.52. The summed E-state index contributed by atoms with van der Waals surface area (Å²) < 4.78 is 6.30. The fourth-order valence-corrected chi connectivity index (χ4v) is 3.06. The summed E-state index contributed by atoms with van der Waals surface area (Å²) in [6.45, 7) is 0. The third kappa shape index (κ3) is 5.11. The molecule has 0 amide bonds. The molecule has 0 spiro atoms. The number of carbonyl (C=O) groups is 1. The van der Waals surface area contributed by atoms with Gasteiger partial charge in [-0.3, -0.25) is 14.9 Å². The number of aromatic nitrogens is 3. The van der Waals surface area contributed by atoms with Gasteiger partial charge < -0.3 is 10.6 Å². The van der Waals surface area contributed by atoms with E-state index in [2.05, 4.69) is 20.7 Å². The van der Waals surface area contributed by atoms with Gasteiger partial charge in [-0.05, 0) is 29.8 Å². The molecule has 12 heteroatoms. The normalized spacial score (nSPS) is 10.8. The molecule has 2 aromatic carbocycles. The van der Waals surface area contributed by atoms with Crippen LogP contribution in [0.2, 0.25) is 0 Å². The third-order valence-corrected chi connectivity index (χ3v) is 4.81. The quantitative estimate of drug-likeness (QED) is 0.131. The Morgan fingerprint density at radius 1 is 1.33 bits per heavy atom. The summed E-state index contributed by atoms with van der Waals surface area (Å²) >= 11 is 1.14. The Bertz CT molecular complexity index is 1080. The average molecular weight is 427 g/mol. The van der Waals surface area contributed by atoms with E-state index in [4.69, 9.17) is 10.6 Å². The van der Waals surface area contributed by atoms with Crippen LogP contribution in [0.1, 0.15) is 15.9 Å². The van der Waals surface area contributed by atoms with Gasteiger partial charge in [0.2, 0.25) is 5.16 Å². The summed E-state index contributed by atoms with van der Waals surface area (Å²) in [6, 6.07) is 12.7. The number of rotatable bonds is 9. The van der Waals surface area contributed by atoms with Crippen LogP contribution in [0.25, 0.3) is 0 Å². The molecule has 0 aliphatic carbocycles. The number of nitro benzene ring substituents is 1. The summed E-state index contributed by atoms with van der Waals surface area (Å²) in [5.41, 5.74) is 3.80. The van der Waals surface area contributed by atoms with Gasteiger partial charge in [-0.25, -0.2) is 10.1 Å². The van der Waals surface area contributed by atoms with Crippen molar-refractivity contribution in [2.75, 3.05) is 24.1 Å². The van der Waals surface area contributed by atoms with E-state index in [-0.39, 0.29) is 23.2 Å². The van der Waals surface area contributed by atoms with Gasteiger partial charge in [0.15, 0.2) is 5.78 Å². The molecule has 0 fully saturated rings. The van der Waals surface area contributed by atoms with Crippen LogP contribution in [0.4, 0.5) is 11.6 Å². The van der Waals surface area contributed by atoms with Gasteiger partial charge in [0, 0.05) is 17.7 Å². The molecule has 0 aliphatic heterocycles. The summed E-state index contributed by atoms with van der Waals surface area (Å²) in [7, 11) is 1.54. The minimum atomic E-state index is -0.478. The minimum Gasteiger partial charge on any atom is -0.497 e. The highest BCUT2D eigenvalue weighted by Gasteiger charge is 2.13. The van der Waals surface area contributed by atoms with Crippen molar-refractivity contribution in [3.05, 3.63) is 69.8 Å². The minimum absolute atomic E-state index is 0.00743. The number of ether oxygens (including phenoxy) is 1. The van der Waals surface area contributed by atoms with Crippen LogP contribution >= 0.6 is 11.8 Å². The number of carbonyl (C=O) groups excluding carboxylic acids is 1. The van der Waals surface area contributed by atoms with E-state index in [1.54, 1.807) is 36.4 Å². The van der Waals surface area contributed by atoms with E-state index < -0.39 is 4.92 Å². The molecule has 0 saturated heterocycles. The molecule has 0 unspecified atom stereocenters. The molecule has 1 heterocycles. The Hall–Kier alpha value is -3.93. The fraction of sp³-hybridized carbons (Fsp3) is 0.111. The van der Waals surface area contributed by atoms with Crippen molar-refractivity contribution < 1.29 is 14.5 Å². The molecular weight excluding hydrogens is 410 g/mol. The molecule has 0 bridgehead atoms. The summed E-state index contributed by atoms with van der Waals surface area (Å²) in [4.78, 5) is 22.5. The van der Waals surface area contributed by atoms with Crippen LogP contribution in [0, 0.1) is 10.1 Å². The van der Waals surface area contributed by atoms with Crippen molar-refractivity contribution in [3.63, 3.8) is 0 Å². The van der Waals surface area contributed by atoms with Gasteiger partial charge >= 0.3 is 0 Å². The number of anilines is 1. The Morgan fingerprint density at radius 2 is 2.10 bits per heavy atom. The molecule has 11 nitrogen and oxygen atoms in total. The summed E-state index contributed by atoms with van der Waals surface area (Å²) in [5, 5.41) is 22.8. The molecule has 154 valence electrons. The molecule has 3 aromatic rings. The summed E-state index contributed by atoms with van der Waals surface area (Å²) in [6.07, 6.45) is 1.46. The number of Topliss-reactive ketones (excluding diaryl/α,β-unsaturated/α-hetero) is 1. The third-order valence-electron chi connectivity index (χ3n) is 3.87. The van der Waals surface area contributed by atoms with Crippen molar-refractivity contribution in [1.29, 1.82) is 0 Å². The zero-order valence-electron chi connectivity index (χ0n) is 15.8. The Kier molecular flexibility index (Phi) is 6.60. The van der Waals surface area contributed by atoms with Crippen LogP contribution in [-0.2, 0) is 0 Å². The monoisotopic (exact) mass is 427 g/mol. The Labute approximate surface area is 175 Å². The van der Waals surface area contributed by atoms with E-state index in [0.717, 1.165) is 11.8 Å². The van der Waals surface area contributed by atoms with Gasteiger partial charge in [-0.15, -0.1) is 10.2 Å². The molecular formula is C18H17N7O4S. The highest BCUT2D eigenvalue weighted by Crippen LogP contribution is 2.20. The lowest BCUT2D eigenvalue weighted by Gasteiger charge is -2.04. The number of benzene rings is 2. The molecule has 3 N–H and O–H groups in total. The van der Waals surface area contributed by atoms with Crippen LogP contribution in [-0.4, -0.2) is 44.7 Å². The second-order valence-corrected chi connectivity index (χ2v) is 6.78. The first-order valence-electron chi connectivity index (χ1n) is 8.52. The van der Waals surface area contributed by atoms with E-state index in [1.165, 1.54) is 30.1 Å². The first-order chi connectivity index (χ1) is 14.5. The van der Waals surface area contributed by atoms with Gasteiger partial charge in [0.05, 0.1) is 24.0 Å². The largest absolute Gasteiger partial charge is 0.497 e. The molecule has 3 rings (SSSR count). The molecule has 30 heavy (non-hydrogen) atoms. The predicted octanol–water partition coefficient (Wildman–Crippen LogP) is 2.33. The topological polar surface area (TPSA) is 151 Å². The van der Waals surface area contributed by atoms with Gasteiger partial charge in [-0.2, -0.15) is 5.10 Å². The first-order valence-corrected chi connectivity index (χ1v) is 9.50. The number of nitrogens with zero attached hydrogens (tertiary/aromatic N) is 5. The predicted molar refractivity (Wildman–Crippen MR) is 113 cm³/mol. The van der Waals surface area contributed by atoms with Gasteiger partial charge in [0.25, 0.3) is 11.6 Å². The van der Waals surface area contributed by atoms with Crippen LogP contribution in [0.3, 0.4) is 0 Å². The summed E-state index contributed by atoms with van der Waals surface area (Å²) in [5.74, 6) is 6.72. The van der Waals surface area contributed by atoms with Crippen molar-refractivity contribution in [3.8, 4) is 5.75 Å². The first kappa shape index (κ1) is 20.8. The highest BCUT2D eigenvalue weighted by atomic mass is 32.2. The van der Waals surface area contributed by atoms with Crippen molar-refractivity contribution in [2.45, 2.75) is 5.16 Å². The SMILES string of the molecule is COc1cccc(C(=O)CSc2nnc(N/N=C/c3ccc([N+](=O)[O-])cc3)n2N)c1. The Balaban J connectivity index is 1.57. The smallest absolute Gasteiger partial charge is 0.269 e. The van der Waals surface area contributed by atoms with Crippen molar-refractivity contribution in [2.24, 2.45) is 5.10 Å². The van der Waals surface area contributed by atoms with Crippen LogP contribution in [0.15, 0.2) is 58.8 Å². The number of nitrogens with two attached hydrogens (primary N) is 1. The number of nitrogens with one attached hydrogen (secondary N) is 1. The standard InChI is InChI=1S/C18H17N7O4S/c1-29-15-4-2-3-13(9-15)16(26)11-30-18-23-22-17(24(18)19)21-20-10-12-5-7-14(8-6-12)25(27)28/h2-10H,11,19H2,1H3,(H,21,22)/b20-10+. The maximum atomic E-state index is 12.3. The number of hydrazone groups is 1. The van der Waals surface area contributed by atoms with E-state index in [1.807, 2.05) is 0 Å². The maximum absolute atomic E-state index is 12.3. The van der Waals surface area contributed by atoms with E-state index in [9.17, 15) is 14.9 Å². The van der Waals surface area contributed by atoms with Crippen molar-refractivity contribution >= 4 is 35.4 Å². The lowest BCUT2D eigenvalue weighted by molar-refractivity contribution is -0.384. The number of methoxy groups -OCH3 is 1. The number of hydrogen-bond donors (Lipinski definition) is 2. The zero-order chi connectivity index (χ0) is 21.5. The van der Waals surface area contributed by atoms with Gasteiger partial charge in [-0.1, -0.05) is 23.9 Å². The van der Waals surface area contributed by atoms with Crippen LogP contribution < -0.4 is 16.0 Å². The van der Waals surface area contributed by atoms with E-state index >= 15 is 0 Å². The molecule has 0 aliphatic rings. The Morgan fingerprint density at radius 3 is 2.80 bits per heavy atom.